The number of ether oxygens (including phenoxy) is 2. The predicted molar refractivity (Wildman–Crippen MR) is 73.8 cm³/mol. The van der Waals surface area contributed by atoms with Crippen LogP contribution in [0.25, 0.3) is 0 Å². The summed E-state index contributed by atoms with van der Waals surface area (Å²) in [5.74, 6) is 1.73. The highest BCUT2D eigenvalue weighted by molar-refractivity contribution is 7.99. The standard InChI is InChI=1S/C13H21NO2S/c1-13(2,3)16-7-8-17-12-6-5-10(14)9-11(12)15-4/h5-6,9H,7-8,14H2,1-4H3. The first-order valence-corrected chi connectivity index (χ1v) is 6.61. The quantitative estimate of drug-likeness (QED) is 0.498. The molecule has 96 valence electrons. The SMILES string of the molecule is COc1cc(N)ccc1SCCOC(C)(C)C. The van der Waals surface area contributed by atoms with Crippen molar-refractivity contribution in [3.8, 4) is 5.75 Å². The van der Waals surface area contributed by atoms with Crippen LogP contribution < -0.4 is 10.5 Å². The molecule has 0 fully saturated rings. The molecule has 0 saturated heterocycles. The van der Waals surface area contributed by atoms with E-state index in [1.54, 1.807) is 18.9 Å². The van der Waals surface area contributed by atoms with Crippen LogP contribution in [0.2, 0.25) is 0 Å². The van der Waals surface area contributed by atoms with E-state index in [4.69, 9.17) is 15.2 Å². The molecule has 3 nitrogen and oxygen atoms in total. The summed E-state index contributed by atoms with van der Waals surface area (Å²) in [7, 11) is 1.66. The zero-order valence-corrected chi connectivity index (χ0v) is 11.8. The number of rotatable bonds is 5. The molecule has 2 N–H and O–H groups in total. The van der Waals surface area contributed by atoms with Crippen LogP contribution >= 0.6 is 11.8 Å². The van der Waals surface area contributed by atoms with Crippen molar-refractivity contribution in [1.82, 2.24) is 0 Å². The van der Waals surface area contributed by atoms with Gasteiger partial charge in [-0.25, -0.2) is 0 Å². The monoisotopic (exact) mass is 255 g/mol. The molecular weight excluding hydrogens is 234 g/mol. The average molecular weight is 255 g/mol. The highest BCUT2D eigenvalue weighted by Crippen LogP contribution is 2.30. The van der Waals surface area contributed by atoms with Crippen molar-refractivity contribution in [2.75, 3.05) is 25.2 Å². The van der Waals surface area contributed by atoms with E-state index in [1.165, 1.54) is 0 Å². The van der Waals surface area contributed by atoms with E-state index in [-0.39, 0.29) is 5.60 Å². The van der Waals surface area contributed by atoms with Gasteiger partial charge in [-0.15, -0.1) is 11.8 Å². The van der Waals surface area contributed by atoms with Crippen molar-refractivity contribution in [2.45, 2.75) is 31.3 Å². The van der Waals surface area contributed by atoms with Crippen molar-refractivity contribution in [3.05, 3.63) is 18.2 Å². The molecule has 0 aliphatic carbocycles. The molecule has 0 amide bonds. The van der Waals surface area contributed by atoms with Crippen LogP contribution in [-0.2, 0) is 4.74 Å². The number of benzene rings is 1. The minimum atomic E-state index is -0.0776. The Kier molecular flexibility index (Phi) is 5.15. The number of methoxy groups -OCH3 is 1. The van der Waals surface area contributed by atoms with Crippen LogP contribution in [0.4, 0.5) is 5.69 Å². The van der Waals surface area contributed by atoms with Gasteiger partial charge in [0.15, 0.2) is 0 Å². The summed E-state index contributed by atoms with van der Waals surface area (Å²) in [4.78, 5) is 1.10. The van der Waals surface area contributed by atoms with Gasteiger partial charge >= 0.3 is 0 Å². The second-order valence-corrected chi connectivity index (χ2v) is 5.86. The van der Waals surface area contributed by atoms with E-state index in [0.29, 0.717) is 0 Å². The Balaban J connectivity index is 2.46. The molecule has 1 aromatic carbocycles. The smallest absolute Gasteiger partial charge is 0.134 e. The summed E-state index contributed by atoms with van der Waals surface area (Å²) < 4.78 is 10.9. The van der Waals surface area contributed by atoms with Crippen molar-refractivity contribution >= 4 is 17.4 Å². The Labute approximate surface area is 108 Å². The number of hydrogen-bond donors (Lipinski definition) is 1. The summed E-state index contributed by atoms with van der Waals surface area (Å²) in [6.45, 7) is 6.89. The fraction of sp³-hybridized carbons (Fsp3) is 0.538. The molecule has 4 heteroatoms. The summed E-state index contributed by atoms with van der Waals surface area (Å²) >= 11 is 1.72. The Hall–Kier alpha value is -0.870. The molecule has 0 atom stereocenters. The lowest BCUT2D eigenvalue weighted by Gasteiger charge is -2.19. The number of nitrogens with two attached hydrogens (primary N) is 1. The van der Waals surface area contributed by atoms with Crippen LogP contribution in [0.3, 0.4) is 0 Å². The predicted octanol–water partition coefficient (Wildman–Crippen LogP) is 3.18. The lowest BCUT2D eigenvalue weighted by molar-refractivity contribution is 0.00695. The third kappa shape index (κ3) is 5.33. The van der Waals surface area contributed by atoms with E-state index in [1.807, 2.05) is 18.2 Å². The third-order valence-corrected chi connectivity index (χ3v) is 3.08. The van der Waals surface area contributed by atoms with Gasteiger partial charge in [-0.2, -0.15) is 0 Å². The van der Waals surface area contributed by atoms with Gasteiger partial charge in [0.1, 0.15) is 5.75 Å². The maximum absolute atomic E-state index is 5.70. The van der Waals surface area contributed by atoms with Gasteiger partial charge in [-0.05, 0) is 32.9 Å². The number of thioether (sulfide) groups is 1. The molecule has 0 aliphatic rings. The van der Waals surface area contributed by atoms with E-state index in [0.717, 1.165) is 28.7 Å². The molecule has 0 spiro atoms. The molecule has 0 heterocycles. The Bertz CT molecular complexity index is 361. The Morgan fingerprint density at radius 3 is 2.59 bits per heavy atom. The van der Waals surface area contributed by atoms with E-state index in [9.17, 15) is 0 Å². The Morgan fingerprint density at radius 2 is 2.00 bits per heavy atom. The third-order valence-electron chi connectivity index (χ3n) is 2.06. The van der Waals surface area contributed by atoms with Gasteiger partial charge in [-0.3, -0.25) is 0 Å². The van der Waals surface area contributed by atoms with Crippen molar-refractivity contribution in [3.63, 3.8) is 0 Å². The molecule has 1 aromatic rings. The molecule has 0 unspecified atom stereocenters. The van der Waals surface area contributed by atoms with Crippen molar-refractivity contribution in [1.29, 1.82) is 0 Å². The molecule has 0 aromatic heterocycles. The number of anilines is 1. The first-order chi connectivity index (χ1) is 7.92. The highest BCUT2D eigenvalue weighted by atomic mass is 32.2. The van der Waals surface area contributed by atoms with Gasteiger partial charge in [0.25, 0.3) is 0 Å². The average Bonchev–Trinajstić information content (AvgIpc) is 2.24. The fourth-order valence-electron chi connectivity index (χ4n) is 1.30. The Morgan fingerprint density at radius 1 is 1.29 bits per heavy atom. The first-order valence-electron chi connectivity index (χ1n) is 5.62. The van der Waals surface area contributed by atoms with Crippen molar-refractivity contribution in [2.24, 2.45) is 0 Å². The van der Waals surface area contributed by atoms with Gasteiger partial charge < -0.3 is 15.2 Å². The van der Waals surface area contributed by atoms with Crippen LogP contribution in [0.15, 0.2) is 23.1 Å². The zero-order valence-electron chi connectivity index (χ0n) is 10.9. The van der Waals surface area contributed by atoms with Gasteiger partial charge in [-0.1, -0.05) is 0 Å². The minimum absolute atomic E-state index is 0.0776. The second-order valence-electron chi connectivity index (χ2n) is 4.72. The molecular formula is C13H21NO2S. The second kappa shape index (κ2) is 6.17. The largest absolute Gasteiger partial charge is 0.496 e. The molecule has 0 aliphatic heterocycles. The van der Waals surface area contributed by atoms with Crippen LogP contribution in [-0.4, -0.2) is 25.1 Å². The van der Waals surface area contributed by atoms with E-state index in [2.05, 4.69) is 20.8 Å². The lowest BCUT2D eigenvalue weighted by atomic mass is 10.2. The molecule has 1 rings (SSSR count). The van der Waals surface area contributed by atoms with E-state index < -0.39 is 0 Å². The highest BCUT2D eigenvalue weighted by Gasteiger charge is 2.10. The number of nitrogen functional groups attached to an aromatic ring is 1. The molecule has 0 saturated carbocycles. The maximum Gasteiger partial charge on any atom is 0.134 e. The van der Waals surface area contributed by atoms with Gasteiger partial charge in [0.2, 0.25) is 0 Å². The minimum Gasteiger partial charge on any atom is -0.496 e. The van der Waals surface area contributed by atoms with Crippen LogP contribution in [0, 0.1) is 0 Å². The summed E-state index contributed by atoms with van der Waals surface area (Å²) in [6.07, 6.45) is 0. The normalized spacial score (nSPS) is 11.5. The van der Waals surface area contributed by atoms with Gasteiger partial charge in [0, 0.05) is 22.4 Å². The summed E-state index contributed by atoms with van der Waals surface area (Å²) in [5, 5.41) is 0. The van der Waals surface area contributed by atoms with Gasteiger partial charge in [0.05, 0.1) is 19.3 Å². The molecule has 0 bridgehead atoms. The topological polar surface area (TPSA) is 44.5 Å². The van der Waals surface area contributed by atoms with Crippen LogP contribution in [0.1, 0.15) is 20.8 Å². The molecule has 17 heavy (non-hydrogen) atoms. The van der Waals surface area contributed by atoms with Crippen LogP contribution in [0.5, 0.6) is 5.75 Å². The zero-order chi connectivity index (χ0) is 12.9. The summed E-state index contributed by atoms with van der Waals surface area (Å²) in [6, 6.07) is 5.71. The fourth-order valence-corrected chi connectivity index (χ4v) is 2.14. The first kappa shape index (κ1) is 14.2. The summed E-state index contributed by atoms with van der Waals surface area (Å²) in [5.41, 5.74) is 6.34. The van der Waals surface area contributed by atoms with Crippen molar-refractivity contribution < 1.29 is 9.47 Å². The molecule has 0 radical (unpaired) electrons. The number of hydrogen-bond acceptors (Lipinski definition) is 4. The lowest BCUT2D eigenvalue weighted by Crippen LogP contribution is -2.20. The van der Waals surface area contributed by atoms with E-state index >= 15 is 0 Å². The maximum atomic E-state index is 5.70.